The number of para-hydroxylation sites is 1. The molecule has 0 saturated carbocycles. The van der Waals surface area contributed by atoms with Crippen LogP contribution in [-0.2, 0) is 11.2 Å². The third kappa shape index (κ3) is 4.44. The lowest BCUT2D eigenvalue weighted by Gasteiger charge is -2.09. The fraction of sp³-hybridized carbons (Fsp3) is 0.333. The van der Waals surface area contributed by atoms with Gasteiger partial charge in [0.05, 0.1) is 0 Å². The van der Waals surface area contributed by atoms with Crippen molar-refractivity contribution in [3.8, 4) is 0 Å². The summed E-state index contributed by atoms with van der Waals surface area (Å²) >= 11 is 5.40. The number of benzene rings is 1. The molecule has 0 aliphatic rings. The summed E-state index contributed by atoms with van der Waals surface area (Å²) in [4.78, 5) is 22.6. The zero-order valence-electron chi connectivity index (χ0n) is 9.63. The van der Waals surface area contributed by atoms with Crippen LogP contribution in [0.1, 0.15) is 18.9 Å². The van der Waals surface area contributed by atoms with E-state index in [1.54, 1.807) is 6.07 Å². The number of rotatable bonds is 4. The molecule has 5 heteroatoms. The summed E-state index contributed by atoms with van der Waals surface area (Å²) in [6.07, 6.45) is 0.941. The normalized spacial score (nSPS) is 9.76. The summed E-state index contributed by atoms with van der Waals surface area (Å²) in [6, 6.07) is 6.93. The molecule has 17 heavy (non-hydrogen) atoms. The van der Waals surface area contributed by atoms with Gasteiger partial charge in [-0.3, -0.25) is 10.1 Å². The van der Waals surface area contributed by atoms with Crippen LogP contribution in [-0.4, -0.2) is 17.8 Å². The molecule has 92 valence electrons. The lowest BCUT2D eigenvalue weighted by Crippen LogP contribution is -2.34. The van der Waals surface area contributed by atoms with Gasteiger partial charge in [0, 0.05) is 18.0 Å². The number of carbonyl (C=O) groups excluding carboxylic acids is 2. The minimum absolute atomic E-state index is 0.129. The number of amides is 3. The number of urea groups is 1. The first-order valence-corrected chi connectivity index (χ1v) is 5.95. The maximum absolute atomic E-state index is 11.5. The highest BCUT2D eigenvalue weighted by atomic mass is 35.5. The molecule has 0 unspecified atom stereocenters. The molecule has 0 fully saturated rings. The van der Waals surface area contributed by atoms with Gasteiger partial charge in [-0.1, -0.05) is 25.1 Å². The molecule has 2 N–H and O–H groups in total. The van der Waals surface area contributed by atoms with Crippen LogP contribution in [0.3, 0.4) is 0 Å². The average Bonchev–Trinajstić information content (AvgIpc) is 2.29. The predicted octanol–water partition coefficient (Wildman–Crippen LogP) is 2.53. The van der Waals surface area contributed by atoms with E-state index in [0.717, 1.165) is 12.0 Å². The van der Waals surface area contributed by atoms with Gasteiger partial charge in [0.15, 0.2) is 0 Å². The lowest BCUT2D eigenvalue weighted by molar-refractivity contribution is -0.119. The number of hydrogen-bond acceptors (Lipinski definition) is 2. The van der Waals surface area contributed by atoms with Crippen molar-refractivity contribution in [3.63, 3.8) is 0 Å². The van der Waals surface area contributed by atoms with Crippen molar-refractivity contribution < 1.29 is 9.59 Å². The van der Waals surface area contributed by atoms with Gasteiger partial charge in [0.25, 0.3) is 0 Å². The highest BCUT2D eigenvalue weighted by Gasteiger charge is 2.08. The summed E-state index contributed by atoms with van der Waals surface area (Å²) in [6.45, 7) is 2.00. The van der Waals surface area contributed by atoms with Gasteiger partial charge in [0.1, 0.15) is 0 Å². The molecule has 0 aliphatic carbocycles. The molecule has 0 aromatic heterocycles. The molecule has 0 saturated heterocycles. The monoisotopic (exact) mass is 254 g/mol. The van der Waals surface area contributed by atoms with Crippen LogP contribution >= 0.6 is 11.6 Å². The largest absolute Gasteiger partial charge is 0.325 e. The van der Waals surface area contributed by atoms with Gasteiger partial charge in [-0.25, -0.2) is 4.79 Å². The Labute approximate surface area is 105 Å². The van der Waals surface area contributed by atoms with Crippen LogP contribution in [0, 0.1) is 0 Å². The first-order chi connectivity index (χ1) is 8.17. The van der Waals surface area contributed by atoms with Crippen LogP contribution in [0.4, 0.5) is 10.5 Å². The highest BCUT2D eigenvalue weighted by Crippen LogP contribution is 2.14. The highest BCUT2D eigenvalue weighted by molar-refractivity contribution is 6.19. The first kappa shape index (κ1) is 13.5. The zero-order chi connectivity index (χ0) is 12.7. The van der Waals surface area contributed by atoms with Crippen molar-refractivity contribution >= 4 is 29.2 Å². The van der Waals surface area contributed by atoms with E-state index in [0.29, 0.717) is 5.69 Å². The number of hydrogen-bond donors (Lipinski definition) is 2. The van der Waals surface area contributed by atoms with Gasteiger partial charge in [-0.15, -0.1) is 11.6 Å². The summed E-state index contributed by atoms with van der Waals surface area (Å²) in [5.41, 5.74) is 1.73. The molecule has 1 aromatic rings. The molecule has 3 amide bonds. The van der Waals surface area contributed by atoms with Gasteiger partial charge in [-0.05, 0) is 18.1 Å². The Balaban J connectivity index is 2.59. The second-order valence-electron chi connectivity index (χ2n) is 3.45. The van der Waals surface area contributed by atoms with E-state index in [1.165, 1.54) is 0 Å². The van der Waals surface area contributed by atoms with Crippen LogP contribution in [0.25, 0.3) is 0 Å². The lowest BCUT2D eigenvalue weighted by atomic mass is 10.1. The maximum Gasteiger partial charge on any atom is 0.325 e. The smallest absolute Gasteiger partial charge is 0.307 e. The van der Waals surface area contributed by atoms with Crippen molar-refractivity contribution in [2.75, 3.05) is 11.2 Å². The minimum Gasteiger partial charge on any atom is -0.307 e. The number of halogens is 1. The topological polar surface area (TPSA) is 58.2 Å². The molecule has 0 atom stereocenters. The maximum atomic E-state index is 11.5. The standard InChI is InChI=1S/C12H15ClN2O2/c1-2-9-5-3-4-6-10(9)14-12(17)15-11(16)7-8-13/h3-6H,2,7-8H2,1H3,(H2,14,15,16,17). The summed E-state index contributed by atoms with van der Waals surface area (Å²) in [5, 5.41) is 4.84. The number of imide groups is 1. The summed E-state index contributed by atoms with van der Waals surface area (Å²) < 4.78 is 0. The Morgan fingerprint density at radius 1 is 1.29 bits per heavy atom. The van der Waals surface area contributed by atoms with Gasteiger partial charge in [-0.2, -0.15) is 0 Å². The Hall–Kier alpha value is -1.55. The van der Waals surface area contributed by atoms with E-state index in [1.807, 2.05) is 25.1 Å². The van der Waals surface area contributed by atoms with Crippen molar-refractivity contribution in [1.82, 2.24) is 5.32 Å². The Bertz CT molecular complexity index is 407. The third-order valence-electron chi connectivity index (χ3n) is 2.22. The van der Waals surface area contributed by atoms with Crippen LogP contribution in [0.15, 0.2) is 24.3 Å². The Morgan fingerprint density at radius 2 is 2.00 bits per heavy atom. The van der Waals surface area contributed by atoms with E-state index in [2.05, 4.69) is 10.6 Å². The number of carbonyl (C=O) groups is 2. The van der Waals surface area contributed by atoms with Crippen LogP contribution < -0.4 is 10.6 Å². The fourth-order valence-electron chi connectivity index (χ4n) is 1.38. The first-order valence-electron chi connectivity index (χ1n) is 5.42. The number of anilines is 1. The van der Waals surface area contributed by atoms with Crippen LogP contribution in [0.2, 0.25) is 0 Å². The Kier molecular flexibility index (Phi) is 5.49. The number of nitrogens with one attached hydrogen (secondary N) is 2. The quantitative estimate of drug-likeness (QED) is 0.812. The van der Waals surface area contributed by atoms with E-state index < -0.39 is 6.03 Å². The molecule has 0 spiro atoms. The second kappa shape index (κ2) is 6.91. The molecule has 0 aliphatic heterocycles. The van der Waals surface area contributed by atoms with E-state index in [9.17, 15) is 9.59 Å². The summed E-state index contributed by atoms with van der Waals surface area (Å²) in [7, 11) is 0. The van der Waals surface area contributed by atoms with Crippen molar-refractivity contribution in [2.45, 2.75) is 19.8 Å². The van der Waals surface area contributed by atoms with E-state index >= 15 is 0 Å². The molecule has 0 bridgehead atoms. The Morgan fingerprint density at radius 3 is 2.65 bits per heavy atom. The number of aryl methyl sites for hydroxylation is 1. The number of alkyl halides is 1. The fourth-order valence-corrected chi connectivity index (χ4v) is 1.55. The molecule has 0 heterocycles. The van der Waals surface area contributed by atoms with Crippen molar-refractivity contribution in [1.29, 1.82) is 0 Å². The van der Waals surface area contributed by atoms with Crippen molar-refractivity contribution in [2.24, 2.45) is 0 Å². The molecule has 0 radical (unpaired) electrons. The molecular weight excluding hydrogens is 240 g/mol. The SMILES string of the molecule is CCc1ccccc1NC(=O)NC(=O)CCCl. The average molecular weight is 255 g/mol. The van der Waals surface area contributed by atoms with Gasteiger partial charge < -0.3 is 5.32 Å². The molecule has 1 rings (SSSR count). The minimum atomic E-state index is -0.527. The van der Waals surface area contributed by atoms with Gasteiger partial charge in [0.2, 0.25) is 5.91 Å². The van der Waals surface area contributed by atoms with Gasteiger partial charge >= 0.3 is 6.03 Å². The zero-order valence-corrected chi connectivity index (χ0v) is 10.4. The third-order valence-corrected chi connectivity index (χ3v) is 2.41. The van der Waals surface area contributed by atoms with Crippen molar-refractivity contribution in [3.05, 3.63) is 29.8 Å². The van der Waals surface area contributed by atoms with E-state index in [4.69, 9.17) is 11.6 Å². The van der Waals surface area contributed by atoms with E-state index in [-0.39, 0.29) is 18.2 Å². The molecular formula is C12H15ClN2O2. The van der Waals surface area contributed by atoms with Crippen LogP contribution in [0.5, 0.6) is 0 Å². The second-order valence-corrected chi connectivity index (χ2v) is 3.83. The molecule has 4 nitrogen and oxygen atoms in total. The summed E-state index contributed by atoms with van der Waals surface area (Å²) in [5.74, 6) is -0.184. The molecule has 1 aromatic carbocycles. The predicted molar refractivity (Wildman–Crippen MR) is 68.3 cm³/mol.